The topological polar surface area (TPSA) is 44.5 Å². The first-order chi connectivity index (χ1) is 9.11. The Morgan fingerprint density at radius 2 is 1.89 bits per heavy atom. The third-order valence-corrected chi connectivity index (χ3v) is 3.95. The van der Waals surface area contributed by atoms with Crippen LogP contribution in [0.5, 0.6) is 11.5 Å². The average Bonchev–Trinajstić information content (AvgIpc) is 2.62. The number of fused-ring (bicyclic) bond motifs is 1. The Bertz CT molecular complexity index is 436. The molecular formula is C15H22ClNO2. The highest BCUT2D eigenvalue weighted by atomic mass is 35.5. The molecule has 1 aromatic carbocycles. The van der Waals surface area contributed by atoms with E-state index in [-0.39, 0.29) is 6.04 Å². The molecule has 1 aromatic rings. The Kier molecular flexibility index (Phi) is 4.94. The van der Waals surface area contributed by atoms with Crippen molar-refractivity contribution in [1.29, 1.82) is 0 Å². The van der Waals surface area contributed by atoms with E-state index in [1.807, 2.05) is 12.1 Å². The van der Waals surface area contributed by atoms with E-state index in [9.17, 15) is 0 Å². The normalized spacial score (nSPS) is 17.7. The van der Waals surface area contributed by atoms with Crippen LogP contribution in [-0.2, 0) is 0 Å². The van der Waals surface area contributed by atoms with Gasteiger partial charge in [0.15, 0.2) is 11.5 Å². The zero-order valence-electron chi connectivity index (χ0n) is 11.6. The van der Waals surface area contributed by atoms with E-state index >= 15 is 0 Å². The van der Waals surface area contributed by atoms with Crippen LogP contribution in [0.25, 0.3) is 0 Å². The van der Waals surface area contributed by atoms with E-state index in [1.165, 1.54) is 0 Å². The standard InChI is InChI=1S/C15H22ClNO2/c1-3-10(2)7-13(17)11-8-14-15(9-12(11)16)19-6-4-5-18-14/h8-10,13H,3-7,17H2,1-2H3. The third kappa shape index (κ3) is 3.54. The molecule has 1 aliphatic heterocycles. The maximum atomic E-state index is 6.32. The molecule has 1 heterocycles. The summed E-state index contributed by atoms with van der Waals surface area (Å²) in [4.78, 5) is 0. The number of nitrogens with two attached hydrogens (primary N) is 1. The largest absolute Gasteiger partial charge is 0.490 e. The van der Waals surface area contributed by atoms with Crippen LogP contribution >= 0.6 is 11.6 Å². The number of hydrogen-bond acceptors (Lipinski definition) is 3. The first-order valence-electron chi connectivity index (χ1n) is 6.96. The predicted molar refractivity (Wildman–Crippen MR) is 78.1 cm³/mol. The molecule has 3 nitrogen and oxygen atoms in total. The molecular weight excluding hydrogens is 262 g/mol. The summed E-state index contributed by atoms with van der Waals surface area (Å²) < 4.78 is 11.3. The van der Waals surface area contributed by atoms with Crippen molar-refractivity contribution in [2.45, 2.75) is 39.2 Å². The van der Waals surface area contributed by atoms with E-state index < -0.39 is 0 Å². The molecule has 0 bridgehead atoms. The molecule has 0 saturated heterocycles. The lowest BCUT2D eigenvalue weighted by Crippen LogP contribution is -2.14. The van der Waals surface area contributed by atoms with Gasteiger partial charge in [-0.25, -0.2) is 0 Å². The zero-order valence-corrected chi connectivity index (χ0v) is 12.4. The molecule has 2 unspecified atom stereocenters. The average molecular weight is 284 g/mol. The van der Waals surface area contributed by atoms with Gasteiger partial charge in [0.2, 0.25) is 0 Å². The van der Waals surface area contributed by atoms with E-state index in [4.69, 9.17) is 26.8 Å². The molecule has 0 fully saturated rings. The minimum atomic E-state index is -0.0559. The zero-order chi connectivity index (χ0) is 13.8. The summed E-state index contributed by atoms with van der Waals surface area (Å²) in [7, 11) is 0. The molecule has 2 N–H and O–H groups in total. The molecule has 0 radical (unpaired) electrons. The molecule has 0 spiro atoms. The second-order valence-corrected chi connectivity index (χ2v) is 5.63. The van der Waals surface area contributed by atoms with Gasteiger partial charge in [0.25, 0.3) is 0 Å². The Morgan fingerprint density at radius 1 is 1.26 bits per heavy atom. The Labute approximate surface area is 120 Å². The first kappa shape index (κ1) is 14.5. The van der Waals surface area contributed by atoms with E-state index in [1.54, 1.807) is 0 Å². The van der Waals surface area contributed by atoms with Gasteiger partial charge < -0.3 is 15.2 Å². The minimum absolute atomic E-state index is 0.0559. The number of hydrogen-bond donors (Lipinski definition) is 1. The molecule has 0 saturated carbocycles. The lowest BCUT2D eigenvalue weighted by molar-refractivity contribution is 0.297. The second kappa shape index (κ2) is 6.49. The summed E-state index contributed by atoms with van der Waals surface area (Å²) in [6.45, 7) is 5.72. The molecule has 2 rings (SSSR count). The van der Waals surface area contributed by atoms with Gasteiger partial charge in [-0.15, -0.1) is 0 Å². The summed E-state index contributed by atoms with van der Waals surface area (Å²) in [5.74, 6) is 2.07. The van der Waals surface area contributed by atoms with Gasteiger partial charge in [0, 0.05) is 23.6 Å². The number of rotatable bonds is 4. The van der Waals surface area contributed by atoms with Gasteiger partial charge in [-0.1, -0.05) is 31.9 Å². The van der Waals surface area contributed by atoms with Gasteiger partial charge in [-0.2, -0.15) is 0 Å². The fraction of sp³-hybridized carbons (Fsp3) is 0.600. The smallest absolute Gasteiger partial charge is 0.162 e. The predicted octanol–water partition coefficient (Wildman–Crippen LogP) is 3.94. The summed E-state index contributed by atoms with van der Waals surface area (Å²) in [5, 5.41) is 0.667. The lowest BCUT2D eigenvalue weighted by Gasteiger charge is -2.19. The number of benzene rings is 1. The maximum Gasteiger partial charge on any atom is 0.162 e. The molecule has 1 aliphatic rings. The van der Waals surface area contributed by atoms with E-state index in [0.29, 0.717) is 24.2 Å². The van der Waals surface area contributed by atoms with Crippen LogP contribution in [0.1, 0.15) is 44.7 Å². The van der Waals surface area contributed by atoms with Gasteiger partial charge >= 0.3 is 0 Å². The molecule has 0 aromatic heterocycles. The second-order valence-electron chi connectivity index (χ2n) is 5.23. The van der Waals surface area contributed by atoms with Crippen molar-refractivity contribution >= 4 is 11.6 Å². The van der Waals surface area contributed by atoms with E-state index in [2.05, 4.69) is 13.8 Å². The highest BCUT2D eigenvalue weighted by Gasteiger charge is 2.19. The lowest BCUT2D eigenvalue weighted by atomic mass is 9.94. The maximum absolute atomic E-state index is 6.32. The highest BCUT2D eigenvalue weighted by molar-refractivity contribution is 6.31. The third-order valence-electron chi connectivity index (χ3n) is 3.62. The monoisotopic (exact) mass is 283 g/mol. The summed E-state index contributed by atoms with van der Waals surface area (Å²) in [6, 6.07) is 3.71. The number of halogens is 1. The van der Waals surface area contributed by atoms with Gasteiger partial charge in [-0.3, -0.25) is 0 Å². The van der Waals surface area contributed by atoms with Gasteiger partial charge in [0.1, 0.15) is 0 Å². The molecule has 0 amide bonds. The van der Waals surface area contributed by atoms with Gasteiger partial charge in [0.05, 0.1) is 13.2 Å². The van der Waals surface area contributed by atoms with Crippen LogP contribution in [-0.4, -0.2) is 13.2 Å². The van der Waals surface area contributed by atoms with Crippen molar-refractivity contribution in [3.05, 3.63) is 22.7 Å². The highest BCUT2D eigenvalue weighted by Crippen LogP contribution is 2.38. The number of ether oxygens (including phenoxy) is 2. The fourth-order valence-corrected chi connectivity index (χ4v) is 2.50. The van der Waals surface area contributed by atoms with E-state index in [0.717, 1.165) is 36.3 Å². The fourth-order valence-electron chi connectivity index (χ4n) is 2.21. The van der Waals surface area contributed by atoms with Crippen molar-refractivity contribution in [3.8, 4) is 11.5 Å². The molecule has 106 valence electrons. The van der Waals surface area contributed by atoms with Crippen molar-refractivity contribution in [2.75, 3.05) is 13.2 Å². The SMILES string of the molecule is CCC(C)CC(N)c1cc2c(cc1Cl)OCCCO2. The Hall–Kier alpha value is -0.930. The van der Waals surface area contributed by atoms with Crippen LogP contribution in [0.4, 0.5) is 0 Å². The summed E-state index contributed by atoms with van der Waals surface area (Å²) in [5.41, 5.74) is 7.21. The van der Waals surface area contributed by atoms with Crippen LogP contribution in [0.2, 0.25) is 5.02 Å². The Morgan fingerprint density at radius 3 is 2.53 bits per heavy atom. The van der Waals surface area contributed by atoms with Crippen LogP contribution in [0.15, 0.2) is 12.1 Å². The first-order valence-corrected chi connectivity index (χ1v) is 7.34. The molecule has 2 atom stereocenters. The van der Waals surface area contributed by atoms with Crippen LogP contribution < -0.4 is 15.2 Å². The molecule has 4 heteroatoms. The van der Waals surface area contributed by atoms with Crippen molar-refractivity contribution in [2.24, 2.45) is 11.7 Å². The summed E-state index contributed by atoms with van der Waals surface area (Å²) >= 11 is 6.32. The summed E-state index contributed by atoms with van der Waals surface area (Å²) in [6.07, 6.45) is 2.94. The minimum Gasteiger partial charge on any atom is -0.490 e. The van der Waals surface area contributed by atoms with Crippen molar-refractivity contribution in [1.82, 2.24) is 0 Å². The molecule has 0 aliphatic carbocycles. The van der Waals surface area contributed by atoms with Gasteiger partial charge in [-0.05, 0) is 24.0 Å². The van der Waals surface area contributed by atoms with Crippen molar-refractivity contribution < 1.29 is 9.47 Å². The van der Waals surface area contributed by atoms with Crippen LogP contribution in [0.3, 0.4) is 0 Å². The quantitative estimate of drug-likeness (QED) is 0.910. The molecule has 19 heavy (non-hydrogen) atoms. The Balaban J connectivity index is 2.23. The van der Waals surface area contributed by atoms with Crippen LogP contribution in [0, 0.1) is 5.92 Å². The van der Waals surface area contributed by atoms with Crippen molar-refractivity contribution in [3.63, 3.8) is 0 Å².